The minimum Gasteiger partial charge on any atom is -0.378 e. The lowest BCUT2D eigenvalue weighted by molar-refractivity contribution is -0.547. The van der Waals surface area contributed by atoms with Crippen molar-refractivity contribution in [2.45, 2.75) is 0 Å². The van der Waals surface area contributed by atoms with Gasteiger partial charge in [-0.1, -0.05) is 60.7 Å². The Hall–Kier alpha value is -3.54. The molecule has 5 heteroatoms. The maximum atomic E-state index is 5.64. The highest BCUT2D eigenvalue weighted by molar-refractivity contribution is 7.19. The molecular weight excluding hydrogens is 446 g/mol. The molecule has 0 saturated carbocycles. The van der Waals surface area contributed by atoms with Gasteiger partial charge in [-0.3, -0.25) is 0 Å². The molecule has 2 aliphatic heterocycles. The summed E-state index contributed by atoms with van der Waals surface area (Å²) in [6, 6.07) is 29.0. The van der Waals surface area contributed by atoms with Crippen molar-refractivity contribution in [3.8, 4) is 0 Å². The molecule has 0 amide bonds. The van der Waals surface area contributed by atoms with Gasteiger partial charge >= 0.3 is 0 Å². The van der Waals surface area contributed by atoms with E-state index in [1.807, 2.05) is 0 Å². The highest BCUT2D eigenvalue weighted by Crippen LogP contribution is 2.32. The molecule has 6 rings (SSSR count). The second kappa shape index (κ2) is 8.91. The van der Waals surface area contributed by atoms with Crippen LogP contribution in [0.15, 0.2) is 107 Å². The van der Waals surface area contributed by atoms with E-state index in [0.717, 1.165) is 37.7 Å². The van der Waals surface area contributed by atoms with Crippen molar-refractivity contribution in [3.63, 3.8) is 0 Å². The van der Waals surface area contributed by atoms with Crippen molar-refractivity contribution in [3.05, 3.63) is 102 Å². The van der Waals surface area contributed by atoms with Crippen molar-refractivity contribution in [2.75, 3.05) is 45.3 Å². The first-order valence-corrected chi connectivity index (χ1v) is 14.3. The van der Waals surface area contributed by atoms with E-state index in [4.69, 9.17) is 9.73 Å². The summed E-state index contributed by atoms with van der Waals surface area (Å²) in [4.78, 5) is 7.40. The van der Waals surface area contributed by atoms with Gasteiger partial charge in [-0.25, -0.2) is 9.57 Å². The van der Waals surface area contributed by atoms with Crippen LogP contribution in [0.1, 0.15) is 0 Å². The fourth-order valence-electron chi connectivity index (χ4n) is 5.58. The molecule has 0 bridgehead atoms. The Kier molecular flexibility index (Phi) is 5.59. The third-order valence-corrected chi connectivity index (χ3v) is 12.1. The summed E-state index contributed by atoms with van der Waals surface area (Å²) in [6.07, 6.45) is 6.90. The van der Waals surface area contributed by atoms with E-state index in [0.29, 0.717) is 0 Å². The lowest BCUT2D eigenvalue weighted by Gasteiger charge is -2.40. The number of hydrogen-bond acceptors (Lipinski definition) is 3. The van der Waals surface area contributed by atoms with E-state index in [1.165, 1.54) is 32.2 Å². The number of hydrogen-bond donors (Lipinski definition) is 0. The van der Waals surface area contributed by atoms with Gasteiger partial charge < -0.3 is 9.64 Å². The average molecular weight is 477 g/mol. The van der Waals surface area contributed by atoms with E-state index >= 15 is 0 Å². The molecule has 1 fully saturated rings. The average Bonchev–Trinajstić information content (AvgIpc) is 2.92. The summed E-state index contributed by atoms with van der Waals surface area (Å²) >= 11 is 0. The smallest absolute Gasteiger partial charge is 0.200 e. The normalized spacial score (nSPS) is 18.3. The SMILES string of the molecule is CN(C)c1ccc2c(c1)[Si](c1ccccc1)(c1ccccc1)C1=CC(=[N+]3CCOCC3)C=CC1=N2. The predicted molar refractivity (Wildman–Crippen MR) is 148 cm³/mol. The Labute approximate surface area is 208 Å². The molecule has 2 heterocycles. The number of morpholine rings is 1. The minimum atomic E-state index is -2.63. The molecule has 0 unspecified atom stereocenters. The second-order valence-electron chi connectivity index (χ2n) is 9.49. The number of allylic oxidation sites excluding steroid dienone is 4. The zero-order valence-electron chi connectivity index (χ0n) is 20.3. The molecular formula is C30H30N3OSi+. The summed E-state index contributed by atoms with van der Waals surface area (Å²) in [5.41, 5.74) is 4.64. The molecule has 174 valence electrons. The van der Waals surface area contributed by atoms with Crippen molar-refractivity contribution in [1.82, 2.24) is 0 Å². The summed E-state index contributed by atoms with van der Waals surface area (Å²) in [7, 11) is 1.60. The minimum absolute atomic E-state index is 0.774. The maximum Gasteiger partial charge on any atom is 0.200 e. The Balaban J connectivity index is 1.72. The van der Waals surface area contributed by atoms with Gasteiger partial charge in [0.25, 0.3) is 0 Å². The van der Waals surface area contributed by atoms with Crippen LogP contribution in [-0.2, 0) is 4.74 Å². The van der Waals surface area contributed by atoms with E-state index in [9.17, 15) is 0 Å². The summed E-state index contributed by atoms with van der Waals surface area (Å²) in [5, 5.41) is 5.49. The lowest BCUT2D eigenvalue weighted by Crippen LogP contribution is -2.71. The third-order valence-electron chi connectivity index (χ3n) is 7.32. The van der Waals surface area contributed by atoms with Gasteiger partial charge in [-0.05, 0) is 45.0 Å². The van der Waals surface area contributed by atoms with Crippen LogP contribution >= 0.6 is 0 Å². The van der Waals surface area contributed by atoms with E-state index < -0.39 is 8.07 Å². The lowest BCUT2D eigenvalue weighted by atomic mass is 10.1. The standard InChI is InChI=1S/C30H30N3OSi/c1-32(2)23-13-15-27-29(21-23)35(25-9-5-3-6-10-25,26-11-7-4-8-12-26)30-22-24(14-16-28(30)31-27)33-17-19-34-20-18-33/h3-16,21-22H,17-20H2,1-2H3/q+1. The number of benzene rings is 3. The molecule has 3 aliphatic rings. The Morgan fingerprint density at radius 1 is 0.829 bits per heavy atom. The topological polar surface area (TPSA) is 27.8 Å². The van der Waals surface area contributed by atoms with Gasteiger partial charge in [0.2, 0.25) is 0 Å². The molecule has 1 aliphatic carbocycles. The second-order valence-corrected chi connectivity index (χ2v) is 13.2. The van der Waals surface area contributed by atoms with E-state index in [2.05, 4.69) is 121 Å². The van der Waals surface area contributed by atoms with Crippen LogP contribution in [0.25, 0.3) is 0 Å². The largest absolute Gasteiger partial charge is 0.378 e. The number of anilines is 1. The fourth-order valence-corrected chi connectivity index (χ4v) is 10.6. The molecule has 4 nitrogen and oxygen atoms in total. The van der Waals surface area contributed by atoms with Crippen molar-refractivity contribution in [2.24, 2.45) is 4.99 Å². The van der Waals surface area contributed by atoms with E-state index in [-0.39, 0.29) is 0 Å². The quantitative estimate of drug-likeness (QED) is 0.330. The molecule has 0 radical (unpaired) electrons. The summed E-state index contributed by atoms with van der Waals surface area (Å²) in [6.45, 7) is 3.39. The van der Waals surface area contributed by atoms with Crippen LogP contribution in [-0.4, -0.2) is 64.5 Å². The Morgan fingerprint density at radius 2 is 1.49 bits per heavy atom. The van der Waals surface area contributed by atoms with E-state index in [1.54, 1.807) is 0 Å². The Morgan fingerprint density at radius 3 is 2.11 bits per heavy atom. The molecule has 0 atom stereocenters. The highest BCUT2D eigenvalue weighted by atomic mass is 28.3. The first-order chi connectivity index (χ1) is 17.2. The van der Waals surface area contributed by atoms with Gasteiger partial charge in [-0.2, -0.15) is 0 Å². The monoisotopic (exact) mass is 476 g/mol. The number of nitrogens with zero attached hydrogens (tertiary/aromatic N) is 3. The van der Waals surface area contributed by atoms with Gasteiger partial charge in [0.05, 0.1) is 11.4 Å². The summed E-state index contributed by atoms with van der Waals surface area (Å²) in [5.74, 6) is 0. The zero-order valence-corrected chi connectivity index (χ0v) is 21.3. The van der Waals surface area contributed by atoms with Crippen molar-refractivity contribution < 1.29 is 9.31 Å². The van der Waals surface area contributed by atoms with Gasteiger partial charge in [0.1, 0.15) is 13.2 Å². The number of aliphatic imine (C=N–C) groups is 1. The zero-order chi connectivity index (χ0) is 23.8. The number of fused-ring (bicyclic) bond motifs is 2. The van der Waals surface area contributed by atoms with Crippen molar-refractivity contribution in [1.29, 1.82) is 0 Å². The van der Waals surface area contributed by atoms with Crippen LogP contribution in [0.4, 0.5) is 11.4 Å². The van der Waals surface area contributed by atoms with Crippen LogP contribution in [0, 0.1) is 0 Å². The maximum absolute atomic E-state index is 5.64. The van der Waals surface area contributed by atoms with Gasteiger partial charge in [0.15, 0.2) is 26.9 Å². The van der Waals surface area contributed by atoms with Crippen LogP contribution in [0.2, 0.25) is 0 Å². The fraction of sp³-hybridized carbons (Fsp3) is 0.200. The summed E-state index contributed by atoms with van der Waals surface area (Å²) < 4.78 is 8.09. The molecule has 3 aromatic carbocycles. The van der Waals surface area contributed by atoms with Gasteiger partial charge in [-0.15, -0.1) is 0 Å². The predicted octanol–water partition coefficient (Wildman–Crippen LogP) is 2.83. The first-order valence-electron chi connectivity index (χ1n) is 12.3. The molecule has 1 saturated heterocycles. The molecule has 3 aromatic rings. The van der Waals surface area contributed by atoms with Crippen LogP contribution < -0.4 is 20.5 Å². The molecule has 35 heavy (non-hydrogen) atoms. The van der Waals surface area contributed by atoms with Crippen LogP contribution in [0.3, 0.4) is 0 Å². The third kappa shape index (κ3) is 3.63. The number of rotatable bonds is 3. The molecule has 0 N–H and O–H groups in total. The van der Waals surface area contributed by atoms with Crippen LogP contribution in [0.5, 0.6) is 0 Å². The number of ether oxygens (including phenoxy) is 1. The Bertz CT molecular complexity index is 1340. The van der Waals surface area contributed by atoms with Crippen molar-refractivity contribution >= 4 is 46.4 Å². The molecule has 0 spiro atoms. The first kappa shape index (κ1) is 22.0. The van der Waals surface area contributed by atoms with Gasteiger partial charge in [0, 0.05) is 31.9 Å². The molecule has 0 aromatic heterocycles. The highest BCUT2D eigenvalue weighted by Gasteiger charge is 2.49.